The molecule has 1 amide bonds. The molecule has 0 heterocycles. The molecule has 3 N–H and O–H groups in total. The summed E-state index contributed by atoms with van der Waals surface area (Å²) < 4.78 is 0. The van der Waals surface area contributed by atoms with Crippen molar-refractivity contribution in [1.82, 2.24) is 0 Å². The highest BCUT2D eigenvalue weighted by atomic mass is 16.2. The maximum Gasteiger partial charge on any atom is 0.231 e. The molecule has 0 aromatic heterocycles. The minimum absolute atomic E-state index is 0.109. The summed E-state index contributed by atoms with van der Waals surface area (Å²) in [6, 6.07) is 7.55. The quantitative estimate of drug-likeness (QED) is 0.853. The van der Waals surface area contributed by atoms with E-state index in [0.717, 1.165) is 5.56 Å². The molecule has 0 saturated heterocycles. The van der Waals surface area contributed by atoms with E-state index in [4.69, 9.17) is 11.0 Å². The van der Waals surface area contributed by atoms with Crippen molar-refractivity contribution in [1.29, 1.82) is 5.26 Å². The highest BCUT2D eigenvalue weighted by Crippen LogP contribution is 2.28. The number of nitriles is 1. The Morgan fingerprint density at radius 3 is 2.53 bits per heavy atom. The molecule has 0 atom stereocenters. The van der Waals surface area contributed by atoms with E-state index in [-0.39, 0.29) is 5.91 Å². The van der Waals surface area contributed by atoms with Gasteiger partial charge in [-0.05, 0) is 31.4 Å². The largest absolute Gasteiger partial charge is 0.329 e. The molecule has 0 fully saturated rings. The van der Waals surface area contributed by atoms with E-state index >= 15 is 0 Å². The van der Waals surface area contributed by atoms with Crippen LogP contribution in [0.25, 0.3) is 0 Å². The molecule has 102 valence electrons. The molecule has 0 saturated carbocycles. The number of nitrogens with one attached hydrogen (secondary N) is 1. The average molecular weight is 259 g/mol. The molecular weight excluding hydrogens is 238 g/mol. The van der Waals surface area contributed by atoms with Gasteiger partial charge in [-0.3, -0.25) is 4.79 Å². The summed E-state index contributed by atoms with van der Waals surface area (Å²) in [5.41, 5.74) is 7.12. The lowest BCUT2D eigenvalue weighted by atomic mass is 9.81. The predicted molar refractivity (Wildman–Crippen MR) is 76.6 cm³/mol. The van der Waals surface area contributed by atoms with Crippen LogP contribution in [0, 0.1) is 23.7 Å². The van der Waals surface area contributed by atoms with Crippen LogP contribution in [0.15, 0.2) is 18.2 Å². The fourth-order valence-electron chi connectivity index (χ4n) is 2.13. The number of rotatable bonds is 5. The Labute approximate surface area is 114 Å². The Balaban J connectivity index is 3.07. The van der Waals surface area contributed by atoms with E-state index in [2.05, 4.69) is 11.4 Å². The first-order valence-electron chi connectivity index (χ1n) is 6.55. The summed E-state index contributed by atoms with van der Waals surface area (Å²) in [6.07, 6.45) is 1.36. The third-order valence-electron chi connectivity index (χ3n) is 3.86. The van der Waals surface area contributed by atoms with Gasteiger partial charge in [-0.25, -0.2) is 0 Å². The molecule has 4 heteroatoms. The molecule has 1 aromatic carbocycles. The topological polar surface area (TPSA) is 78.9 Å². The minimum Gasteiger partial charge on any atom is -0.329 e. The van der Waals surface area contributed by atoms with Crippen LogP contribution in [0.1, 0.15) is 37.8 Å². The maximum atomic E-state index is 12.4. The smallest absolute Gasteiger partial charge is 0.231 e. The number of nitrogens with zero attached hydrogens (tertiary/aromatic N) is 1. The van der Waals surface area contributed by atoms with Crippen LogP contribution in [0.5, 0.6) is 0 Å². The molecule has 0 aliphatic heterocycles. The molecule has 0 bridgehead atoms. The van der Waals surface area contributed by atoms with Gasteiger partial charge in [0, 0.05) is 6.54 Å². The van der Waals surface area contributed by atoms with Crippen LogP contribution in [0.3, 0.4) is 0 Å². The zero-order valence-corrected chi connectivity index (χ0v) is 11.8. The molecule has 0 aliphatic carbocycles. The van der Waals surface area contributed by atoms with Crippen molar-refractivity contribution in [3.63, 3.8) is 0 Å². The van der Waals surface area contributed by atoms with E-state index in [0.29, 0.717) is 30.6 Å². The average Bonchev–Trinajstić information content (AvgIpc) is 2.41. The zero-order valence-electron chi connectivity index (χ0n) is 11.8. The van der Waals surface area contributed by atoms with Gasteiger partial charge in [0.2, 0.25) is 5.91 Å². The van der Waals surface area contributed by atoms with Crippen LogP contribution in [0.2, 0.25) is 0 Å². The molecule has 4 nitrogen and oxygen atoms in total. The lowest BCUT2D eigenvalue weighted by Crippen LogP contribution is -2.41. The molecule has 0 radical (unpaired) electrons. The molecule has 1 aromatic rings. The number of anilines is 1. The monoisotopic (exact) mass is 259 g/mol. The fourth-order valence-corrected chi connectivity index (χ4v) is 2.13. The number of hydrogen-bond donors (Lipinski definition) is 2. The normalized spacial score (nSPS) is 10.9. The van der Waals surface area contributed by atoms with Gasteiger partial charge in [-0.2, -0.15) is 5.26 Å². The number of nitrogens with two attached hydrogens (primary N) is 1. The lowest BCUT2D eigenvalue weighted by molar-refractivity contribution is -0.125. The van der Waals surface area contributed by atoms with Crippen molar-refractivity contribution >= 4 is 11.6 Å². The first-order valence-corrected chi connectivity index (χ1v) is 6.55. The molecule has 0 aliphatic rings. The number of aryl methyl sites for hydroxylation is 1. The highest BCUT2D eigenvalue weighted by Gasteiger charge is 2.33. The fraction of sp³-hybridized carbons (Fsp3) is 0.467. The summed E-state index contributed by atoms with van der Waals surface area (Å²) >= 11 is 0. The van der Waals surface area contributed by atoms with Crippen LogP contribution in [-0.2, 0) is 4.79 Å². The zero-order chi connectivity index (χ0) is 14.5. The van der Waals surface area contributed by atoms with Crippen LogP contribution >= 0.6 is 0 Å². The first-order chi connectivity index (χ1) is 9.04. The summed E-state index contributed by atoms with van der Waals surface area (Å²) in [7, 11) is 0. The predicted octanol–water partition coefficient (Wildman–Crippen LogP) is 2.57. The van der Waals surface area contributed by atoms with Crippen LogP contribution in [-0.4, -0.2) is 12.5 Å². The van der Waals surface area contributed by atoms with Gasteiger partial charge in [-0.1, -0.05) is 26.0 Å². The van der Waals surface area contributed by atoms with E-state index in [9.17, 15) is 4.79 Å². The van der Waals surface area contributed by atoms with Crippen LogP contribution in [0.4, 0.5) is 5.69 Å². The van der Waals surface area contributed by atoms with Gasteiger partial charge >= 0.3 is 0 Å². The molecule has 0 unspecified atom stereocenters. The minimum atomic E-state index is -0.559. The van der Waals surface area contributed by atoms with Crippen LogP contribution < -0.4 is 11.1 Å². The molecule has 0 spiro atoms. The van der Waals surface area contributed by atoms with Crippen molar-refractivity contribution in [2.75, 3.05) is 11.9 Å². The van der Waals surface area contributed by atoms with Gasteiger partial charge in [0.1, 0.15) is 6.07 Å². The third kappa shape index (κ3) is 2.94. The van der Waals surface area contributed by atoms with Gasteiger partial charge in [0.05, 0.1) is 16.7 Å². The second-order valence-electron chi connectivity index (χ2n) is 4.75. The van der Waals surface area contributed by atoms with E-state index < -0.39 is 5.41 Å². The number of benzene rings is 1. The van der Waals surface area contributed by atoms with Crippen molar-refractivity contribution in [2.24, 2.45) is 11.1 Å². The Bertz CT molecular complexity index is 490. The summed E-state index contributed by atoms with van der Waals surface area (Å²) in [4.78, 5) is 12.4. The summed E-state index contributed by atoms with van der Waals surface area (Å²) in [6.45, 7) is 6.07. The molecule has 19 heavy (non-hydrogen) atoms. The second kappa shape index (κ2) is 6.35. The Morgan fingerprint density at radius 1 is 1.42 bits per heavy atom. The standard InChI is InChI=1S/C15H21N3O/c1-4-15(5-2,10-17)14(19)18-13-8-6-7-11(3)12(13)9-16/h6-8H,4-5,10,17H2,1-3H3,(H,18,19). The molecular formula is C15H21N3O. The third-order valence-corrected chi connectivity index (χ3v) is 3.86. The number of amides is 1. The second-order valence-corrected chi connectivity index (χ2v) is 4.75. The SMILES string of the molecule is CCC(CC)(CN)C(=O)Nc1cccc(C)c1C#N. The maximum absolute atomic E-state index is 12.4. The number of hydrogen-bond acceptors (Lipinski definition) is 3. The number of carbonyl (C=O) groups is 1. The van der Waals surface area contributed by atoms with E-state index in [1.165, 1.54) is 0 Å². The van der Waals surface area contributed by atoms with Crippen molar-refractivity contribution in [3.05, 3.63) is 29.3 Å². The van der Waals surface area contributed by atoms with E-state index in [1.54, 1.807) is 6.07 Å². The van der Waals surface area contributed by atoms with Crippen molar-refractivity contribution in [3.8, 4) is 6.07 Å². The first kappa shape index (κ1) is 15.2. The summed E-state index contributed by atoms with van der Waals surface area (Å²) in [5.74, 6) is -0.109. The lowest BCUT2D eigenvalue weighted by Gasteiger charge is -2.28. The van der Waals surface area contributed by atoms with Crippen molar-refractivity contribution < 1.29 is 4.79 Å². The van der Waals surface area contributed by atoms with Gasteiger partial charge in [0.25, 0.3) is 0 Å². The van der Waals surface area contributed by atoms with E-state index in [1.807, 2.05) is 32.9 Å². The Morgan fingerprint density at radius 2 is 2.05 bits per heavy atom. The Kier molecular flexibility index (Phi) is 5.08. The van der Waals surface area contributed by atoms with Gasteiger partial charge < -0.3 is 11.1 Å². The molecule has 1 rings (SSSR count). The van der Waals surface area contributed by atoms with Gasteiger partial charge in [0.15, 0.2) is 0 Å². The van der Waals surface area contributed by atoms with Gasteiger partial charge in [-0.15, -0.1) is 0 Å². The highest BCUT2D eigenvalue weighted by molar-refractivity contribution is 5.96. The summed E-state index contributed by atoms with van der Waals surface area (Å²) in [5, 5.41) is 12.0. The Hall–Kier alpha value is -1.86. The van der Waals surface area contributed by atoms with Crippen molar-refractivity contribution in [2.45, 2.75) is 33.6 Å². The number of carbonyl (C=O) groups excluding carboxylic acids is 1.